The van der Waals surface area contributed by atoms with Crippen LogP contribution in [0, 0.1) is 0 Å². The summed E-state index contributed by atoms with van der Waals surface area (Å²) in [6.45, 7) is 0. The first-order valence-electron chi connectivity index (χ1n) is 4.09. The second-order valence-electron chi connectivity index (χ2n) is 2.62. The fourth-order valence-electron chi connectivity index (χ4n) is 0.876. The van der Waals surface area contributed by atoms with E-state index in [2.05, 4.69) is 41.9 Å². The highest BCUT2D eigenvalue weighted by Crippen LogP contribution is 2.25. The molecule has 1 rings (SSSR count). The Morgan fingerprint density at radius 1 is 1.47 bits per heavy atom. The Labute approximate surface area is 105 Å². The maximum absolute atomic E-state index is 10.8. The van der Waals surface area contributed by atoms with Crippen molar-refractivity contribution in [3.8, 4) is 0 Å². The third-order valence-corrected chi connectivity index (χ3v) is 2.77. The van der Waals surface area contributed by atoms with Crippen LogP contribution in [-0.2, 0) is 9.53 Å². The minimum absolute atomic E-state index is 0.395. The van der Waals surface area contributed by atoms with Crippen LogP contribution in [0.15, 0.2) is 39.4 Å². The first-order valence-corrected chi connectivity index (χ1v) is 5.68. The zero-order valence-corrected chi connectivity index (χ0v) is 11.1. The molecular weight excluding hydrogens is 326 g/mol. The summed E-state index contributed by atoms with van der Waals surface area (Å²) in [6.07, 6.45) is 2.84. The molecule has 0 saturated heterocycles. The van der Waals surface area contributed by atoms with Gasteiger partial charge in [0, 0.05) is 21.2 Å². The van der Waals surface area contributed by atoms with Crippen molar-refractivity contribution in [2.45, 2.75) is 0 Å². The number of methoxy groups -OCH3 is 1. The van der Waals surface area contributed by atoms with Gasteiger partial charge in [-0.2, -0.15) is 0 Å². The number of nitrogens with one attached hydrogen (secondary N) is 1. The molecule has 0 saturated carbocycles. The summed E-state index contributed by atoms with van der Waals surface area (Å²) in [5, 5.41) is 2.96. The van der Waals surface area contributed by atoms with E-state index in [1.807, 2.05) is 18.2 Å². The lowest BCUT2D eigenvalue weighted by Crippen LogP contribution is -1.96. The van der Waals surface area contributed by atoms with Gasteiger partial charge in [0.2, 0.25) is 0 Å². The summed E-state index contributed by atoms with van der Waals surface area (Å²) in [5.41, 5.74) is 0.865. The second-order valence-corrected chi connectivity index (χ2v) is 4.40. The van der Waals surface area contributed by atoms with Gasteiger partial charge in [-0.05, 0) is 34.1 Å². The van der Waals surface area contributed by atoms with E-state index in [1.54, 1.807) is 0 Å². The molecule has 1 aromatic rings. The number of benzene rings is 1. The van der Waals surface area contributed by atoms with Crippen LogP contribution in [0.5, 0.6) is 0 Å². The molecule has 5 heteroatoms. The van der Waals surface area contributed by atoms with E-state index in [0.29, 0.717) is 0 Å². The Morgan fingerprint density at radius 2 is 2.20 bits per heavy atom. The third kappa shape index (κ3) is 4.05. The maximum Gasteiger partial charge on any atom is 0.331 e. The minimum atomic E-state index is -0.395. The van der Waals surface area contributed by atoms with Crippen molar-refractivity contribution in [3.63, 3.8) is 0 Å². The van der Waals surface area contributed by atoms with E-state index >= 15 is 0 Å². The molecule has 0 aliphatic rings. The summed E-state index contributed by atoms with van der Waals surface area (Å²) in [6, 6.07) is 5.71. The van der Waals surface area contributed by atoms with E-state index in [1.165, 1.54) is 19.4 Å². The van der Waals surface area contributed by atoms with E-state index in [9.17, 15) is 4.79 Å². The molecule has 3 nitrogen and oxygen atoms in total. The van der Waals surface area contributed by atoms with Crippen molar-refractivity contribution in [2.24, 2.45) is 0 Å². The van der Waals surface area contributed by atoms with E-state index < -0.39 is 5.97 Å². The minimum Gasteiger partial charge on any atom is -0.466 e. The van der Waals surface area contributed by atoms with Gasteiger partial charge in [0.05, 0.1) is 12.8 Å². The lowest BCUT2D eigenvalue weighted by Gasteiger charge is -2.04. The first kappa shape index (κ1) is 12.3. The molecule has 1 aromatic carbocycles. The summed E-state index contributed by atoms with van der Waals surface area (Å²) >= 11 is 6.74. The van der Waals surface area contributed by atoms with Crippen molar-refractivity contribution in [3.05, 3.63) is 39.4 Å². The summed E-state index contributed by atoms with van der Waals surface area (Å²) in [4.78, 5) is 10.8. The summed E-state index contributed by atoms with van der Waals surface area (Å²) in [7, 11) is 1.34. The quantitative estimate of drug-likeness (QED) is 0.680. The number of halogens is 2. The summed E-state index contributed by atoms with van der Waals surface area (Å²) in [5.74, 6) is -0.395. The molecule has 0 radical (unpaired) electrons. The smallest absolute Gasteiger partial charge is 0.331 e. The largest absolute Gasteiger partial charge is 0.466 e. The zero-order valence-electron chi connectivity index (χ0n) is 7.96. The van der Waals surface area contributed by atoms with Crippen LogP contribution in [0.3, 0.4) is 0 Å². The Kier molecular flexibility index (Phi) is 4.84. The van der Waals surface area contributed by atoms with Crippen molar-refractivity contribution < 1.29 is 9.53 Å². The number of hydrogen-bond acceptors (Lipinski definition) is 3. The number of carbonyl (C=O) groups excluding carboxylic acids is 1. The number of anilines is 1. The van der Waals surface area contributed by atoms with Crippen molar-refractivity contribution in [1.29, 1.82) is 0 Å². The number of esters is 1. The molecule has 15 heavy (non-hydrogen) atoms. The molecule has 0 atom stereocenters. The molecule has 0 amide bonds. The van der Waals surface area contributed by atoms with Crippen LogP contribution < -0.4 is 5.32 Å². The van der Waals surface area contributed by atoms with Gasteiger partial charge < -0.3 is 10.1 Å². The predicted octanol–water partition coefficient (Wildman–Crippen LogP) is 3.31. The average Bonchev–Trinajstić information content (AvgIpc) is 2.23. The van der Waals surface area contributed by atoms with Crippen LogP contribution in [-0.4, -0.2) is 13.1 Å². The molecule has 1 N–H and O–H groups in total. The van der Waals surface area contributed by atoms with Gasteiger partial charge in [-0.1, -0.05) is 15.9 Å². The van der Waals surface area contributed by atoms with Crippen LogP contribution in [0.4, 0.5) is 5.69 Å². The van der Waals surface area contributed by atoms with Crippen LogP contribution >= 0.6 is 31.9 Å². The monoisotopic (exact) mass is 333 g/mol. The number of rotatable bonds is 3. The van der Waals surface area contributed by atoms with Crippen molar-refractivity contribution >= 4 is 43.5 Å². The van der Waals surface area contributed by atoms with Crippen LogP contribution in [0.1, 0.15) is 0 Å². The highest BCUT2D eigenvalue weighted by molar-refractivity contribution is 9.11. The number of hydrogen-bond donors (Lipinski definition) is 1. The van der Waals surface area contributed by atoms with Crippen LogP contribution in [0.25, 0.3) is 0 Å². The molecular formula is C10H9Br2NO2. The van der Waals surface area contributed by atoms with Gasteiger partial charge >= 0.3 is 5.97 Å². The third-order valence-electron chi connectivity index (χ3n) is 1.59. The van der Waals surface area contributed by atoms with Crippen molar-refractivity contribution in [1.82, 2.24) is 0 Å². The Morgan fingerprint density at radius 3 is 2.87 bits per heavy atom. The van der Waals surface area contributed by atoms with Gasteiger partial charge in [0.1, 0.15) is 0 Å². The molecule has 0 bridgehead atoms. The zero-order chi connectivity index (χ0) is 11.3. The van der Waals surface area contributed by atoms with Crippen LogP contribution in [0.2, 0.25) is 0 Å². The lowest BCUT2D eigenvalue weighted by atomic mass is 10.3. The molecule has 80 valence electrons. The van der Waals surface area contributed by atoms with Gasteiger partial charge in [-0.25, -0.2) is 4.79 Å². The fourth-order valence-corrected chi connectivity index (χ4v) is 1.60. The van der Waals surface area contributed by atoms with Gasteiger partial charge in [-0.15, -0.1) is 0 Å². The highest BCUT2D eigenvalue weighted by Gasteiger charge is 1.98. The highest BCUT2D eigenvalue weighted by atomic mass is 79.9. The molecule has 0 aliphatic heterocycles. The SMILES string of the molecule is COC(=O)/C=C/Nc1cc(Br)ccc1Br. The first-order chi connectivity index (χ1) is 7.13. The topological polar surface area (TPSA) is 38.3 Å². The van der Waals surface area contributed by atoms with Gasteiger partial charge in [0.25, 0.3) is 0 Å². The van der Waals surface area contributed by atoms with E-state index in [-0.39, 0.29) is 0 Å². The van der Waals surface area contributed by atoms with Gasteiger partial charge in [-0.3, -0.25) is 0 Å². The average molecular weight is 335 g/mol. The van der Waals surface area contributed by atoms with E-state index in [0.717, 1.165) is 14.6 Å². The lowest BCUT2D eigenvalue weighted by molar-refractivity contribution is -0.134. The second kappa shape index (κ2) is 5.92. The van der Waals surface area contributed by atoms with E-state index in [4.69, 9.17) is 0 Å². The summed E-state index contributed by atoms with van der Waals surface area (Å²) < 4.78 is 6.33. The van der Waals surface area contributed by atoms with Gasteiger partial charge in [0.15, 0.2) is 0 Å². The van der Waals surface area contributed by atoms with Crippen molar-refractivity contribution in [2.75, 3.05) is 12.4 Å². The molecule has 0 aromatic heterocycles. The Hall–Kier alpha value is -0.810. The molecule has 0 spiro atoms. The standard InChI is InChI=1S/C10H9Br2NO2/c1-15-10(14)4-5-13-9-6-7(11)2-3-8(9)12/h2-6,13H,1H3/b5-4+. The fraction of sp³-hybridized carbons (Fsp3) is 0.100. The number of carbonyl (C=O) groups is 1. The normalized spacial score (nSPS) is 10.3. The predicted molar refractivity (Wildman–Crippen MR) is 66.6 cm³/mol. The molecule has 0 fully saturated rings. The Bertz CT molecular complexity index is 391. The molecule has 0 aliphatic carbocycles. The number of ether oxygens (including phenoxy) is 1. The molecule has 0 heterocycles. The Balaban J connectivity index is 2.68. The maximum atomic E-state index is 10.8. The molecule has 0 unspecified atom stereocenters.